The number of methoxy groups -OCH3 is 1. The maximum atomic E-state index is 12.4. The van der Waals surface area contributed by atoms with Gasteiger partial charge in [0.2, 0.25) is 5.91 Å². The average molecular weight is 347 g/mol. The molecule has 0 aromatic heterocycles. The molecule has 2 aromatic rings. The Balaban J connectivity index is 2.04. The molecule has 0 fully saturated rings. The summed E-state index contributed by atoms with van der Waals surface area (Å²) in [4.78, 5) is 14.6. The number of nitrogens with zero attached hydrogens (tertiary/aromatic N) is 1. The normalized spacial score (nSPS) is 10.9. The molecule has 2 aromatic carbocycles. The number of ether oxygens (including phenoxy) is 1. The van der Waals surface area contributed by atoms with Gasteiger partial charge >= 0.3 is 0 Å². The number of carbonyl (C=O) groups excluding carboxylic acids is 1. The molecule has 5 heteroatoms. The predicted molar refractivity (Wildman–Crippen MR) is 98.6 cm³/mol. The third-order valence-electron chi connectivity index (χ3n) is 3.74. The molecule has 0 aliphatic rings. The molecule has 0 spiro atoms. The average Bonchev–Trinajstić information content (AvgIpc) is 2.55. The van der Waals surface area contributed by atoms with Crippen molar-refractivity contribution in [3.63, 3.8) is 0 Å². The van der Waals surface area contributed by atoms with Crippen molar-refractivity contribution in [2.24, 2.45) is 0 Å². The fourth-order valence-corrected chi connectivity index (χ4v) is 2.56. The maximum Gasteiger partial charge on any atom is 0.238 e. The van der Waals surface area contributed by atoms with E-state index in [-0.39, 0.29) is 11.9 Å². The molecular weight excluding hydrogens is 324 g/mol. The van der Waals surface area contributed by atoms with Gasteiger partial charge in [0.05, 0.1) is 19.3 Å². The van der Waals surface area contributed by atoms with E-state index in [9.17, 15) is 4.79 Å². The van der Waals surface area contributed by atoms with Crippen LogP contribution < -0.4 is 10.1 Å². The summed E-state index contributed by atoms with van der Waals surface area (Å²) in [6, 6.07) is 15.5. The van der Waals surface area contributed by atoms with Crippen molar-refractivity contribution >= 4 is 23.2 Å². The predicted octanol–water partition coefficient (Wildman–Crippen LogP) is 4.20. The zero-order valence-corrected chi connectivity index (χ0v) is 15.0. The molecule has 0 unspecified atom stereocenters. The molecule has 0 saturated carbocycles. The first-order valence-corrected chi connectivity index (χ1v) is 8.28. The van der Waals surface area contributed by atoms with Crippen LogP contribution >= 0.6 is 11.6 Å². The lowest BCUT2D eigenvalue weighted by Crippen LogP contribution is -2.37. The van der Waals surface area contributed by atoms with Crippen LogP contribution in [0.15, 0.2) is 48.5 Å². The molecule has 2 rings (SSSR count). The zero-order valence-electron chi connectivity index (χ0n) is 14.3. The lowest BCUT2D eigenvalue weighted by Gasteiger charge is -2.26. The molecule has 4 nitrogen and oxygen atoms in total. The Kier molecular flexibility index (Phi) is 6.64. The molecule has 1 amide bonds. The van der Waals surface area contributed by atoms with Crippen LogP contribution in [0.5, 0.6) is 5.75 Å². The molecule has 0 aliphatic heterocycles. The second kappa shape index (κ2) is 8.71. The van der Waals surface area contributed by atoms with Crippen LogP contribution in [0.3, 0.4) is 0 Å². The molecule has 0 aliphatic carbocycles. The van der Waals surface area contributed by atoms with Crippen LogP contribution in [0.25, 0.3) is 0 Å². The van der Waals surface area contributed by atoms with Crippen molar-refractivity contribution in [2.45, 2.75) is 26.4 Å². The fraction of sp³-hybridized carbons (Fsp3) is 0.316. The van der Waals surface area contributed by atoms with E-state index in [4.69, 9.17) is 16.3 Å². The summed E-state index contributed by atoms with van der Waals surface area (Å²) < 4.78 is 5.26. The van der Waals surface area contributed by atoms with Gasteiger partial charge in [-0.2, -0.15) is 0 Å². The number of anilines is 1. The Hall–Kier alpha value is -2.04. The molecule has 0 radical (unpaired) electrons. The minimum Gasteiger partial charge on any atom is -0.495 e. The second-order valence-electron chi connectivity index (χ2n) is 5.88. The van der Waals surface area contributed by atoms with Crippen LogP contribution in [0.2, 0.25) is 5.02 Å². The van der Waals surface area contributed by atoms with E-state index in [1.807, 2.05) is 18.2 Å². The molecule has 1 N–H and O–H groups in total. The Morgan fingerprint density at radius 3 is 2.54 bits per heavy atom. The van der Waals surface area contributed by atoms with Crippen molar-refractivity contribution in [2.75, 3.05) is 19.0 Å². The lowest BCUT2D eigenvalue weighted by atomic mass is 10.2. The highest BCUT2D eigenvalue weighted by Crippen LogP contribution is 2.27. The number of hydrogen-bond donors (Lipinski definition) is 1. The number of rotatable bonds is 7. The first-order chi connectivity index (χ1) is 11.5. The zero-order chi connectivity index (χ0) is 17.5. The van der Waals surface area contributed by atoms with Gasteiger partial charge in [0, 0.05) is 17.6 Å². The van der Waals surface area contributed by atoms with Gasteiger partial charge in [0.25, 0.3) is 0 Å². The highest BCUT2D eigenvalue weighted by Gasteiger charge is 2.16. The first kappa shape index (κ1) is 18.3. The second-order valence-corrected chi connectivity index (χ2v) is 6.31. The third-order valence-corrected chi connectivity index (χ3v) is 3.98. The van der Waals surface area contributed by atoms with E-state index >= 15 is 0 Å². The van der Waals surface area contributed by atoms with Gasteiger partial charge in [-0.25, -0.2) is 0 Å². The minimum atomic E-state index is -0.0970. The maximum absolute atomic E-state index is 12.4. The summed E-state index contributed by atoms with van der Waals surface area (Å²) >= 11 is 6.00. The summed E-state index contributed by atoms with van der Waals surface area (Å²) in [6.45, 7) is 5.17. The Bertz CT molecular complexity index is 674. The van der Waals surface area contributed by atoms with E-state index in [1.54, 1.807) is 25.3 Å². The van der Waals surface area contributed by atoms with Gasteiger partial charge < -0.3 is 10.1 Å². The van der Waals surface area contributed by atoms with Crippen LogP contribution in [-0.4, -0.2) is 30.5 Å². The standard InChI is InChI=1S/C19H23ClN2O2/c1-14(2)22(12-15-7-5-4-6-8-15)13-19(23)21-17-11-16(20)9-10-18(17)24-3/h4-11,14H,12-13H2,1-3H3,(H,21,23). The smallest absolute Gasteiger partial charge is 0.238 e. The topological polar surface area (TPSA) is 41.6 Å². The molecule has 24 heavy (non-hydrogen) atoms. The van der Waals surface area contributed by atoms with Crippen molar-refractivity contribution in [1.29, 1.82) is 0 Å². The van der Waals surface area contributed by atoms with Gasteiger partial charge in [-0.1, -0.05) is 41.9 Å². The van der Waals surface area contributed by atoms with E-state index in [0.717, 1.165) is 6.54 Å². The summed E-state index contributed by atoms with van der Waals surface area (Å²) in [5.74, 6) is 0.493. The summed E-state index contributed by atoms with van der Waals surface area (Å²) in [5.41, 5.74) is 1.76. The minimum absolute atomic E-state index is 0.0970. The van der Waals surface area contributed by atoms with Crippen molar-refractivity contribution in [1.82, 2.24) is 4.90 Å². The van der Waals surface area contributed by atoms with E-state index in [0.29, 0.717) is 23.0 Å². The van der Waals surface area contributed by atoms with Gasteiger partial charge in [-0.05, 0) is 37.6 Å². The molecule has 0 bridgehead atoms. The summed E-state index contributed by atoms with van der Waals surface area (Å²) in [5, 5.41) is 3.44. The van der Waals surface area contributed by atoms with E-state index < -0.39 is 0 Å². The van der Waals surface area contributed by atoms with Gasteiger partial charge in [0.15, 0.2) is 0 Å². The molecular formula is C19H23ClN2O2. The highest BCUT2D eigenvalue weighted by molar-refractivity contribution is 6.31. The highest BCUT2D eigenvalue weighted by atomic mass is 35.5. The SMILES string of the molecule is COc1ccc(Cl)cc1NC(=O)CN(Cc1ccccc1)C(C)C. The van der Waals surface area contributed by atoms with Crippen LogP contribution in [0, 0.1) is 0 Å². The molecule has 0 atom stereocenters. The molecule has 128 valence electrons. The monoisotopic (exact) mass is 346 g/mol. The number of nitrogens with one attached hydrogen (secondary N) is 1. The lowest BCUT2D eigenvalue weighted by molar-refractivity contribution is -0.117. The Labute approximate surface area is 148 Å². The third kappa shape index (κ3) is 5.25. The summed E-state index contributed by atoms with van der Waals surface area (Å²) in [6.07, 6.45) is 0. The van der Waals surface area contributed by atoms with Gasteiger partial charge in [0.1, 0.15) is 5.75 Å². The van der Waals surface area contributed by atoms with Gasteiger partial charge in [-0.3, -0.25) is 9.69 Å². The number of hydrogen-bond acceptors (Lipinski definition) is 3. The fourth-order valence-electron chi connectivity index (χ4n) is 2.39. The van der Waals surface area contributed by atoms with E-state index in [1.165, 1.54) is 5.56 Å². The van der Waals surface area contributed by atoms with E-state index in [2.05, 4.69) is 36.2 Å². The molecule has 0 saturated heterocycles. The van der Waals surface area contributed by atoms with Crippen LogP contribution in [0.1, 0.15) is 19.4 Å². The Morgan fingerprint density at radius 1 is 1.21 bits per heavy atom. The largest absolute Gasteiger partial charge is 0.495 e. The summed E-state index contributed by atoms with van der Waals surface area (Å²) in [7, 11) is 1.56. The number of amides is 1. The van der Waals surface area contributed by atoms with Crippen LogP contribution in [0.4, 0.5) is 5.69 Å². The first-order valence-electron chi connectivity index (χ1n) is 7.91. The van der Waals surface area contributed by atoms with Crippen molar-refractivity contribution < 1.29 is 9.53 Å². The number of benzene rings is 2. The molecule has 0 heterocycles. The number of halogens is 1. The Morgan fingerprint density at radius 2 is 1.92 bits per heavy atom. The van der Waals surface area contributed by atoms with Gasteiger partial charge in [-0.15, -0.1) is 0 Å². The number of carbonyl (C=O) groups is 1. The van der Waals surface area contributed by atoms with Crippen LogP contribution in [-0.2, 0) is 11.3 Å². The van der Waals surface area contributed by atoms with Crippen molar-refractivity contribution in [3.8, 4) is 5.75 Å². The van der Waals surface area contributed by atoms with Crippen molar-refractivity contribution in [3.05, 3.63) is 59.1 Å². The quantitative estimate of drug-likeness (QED) is 0.817.